The zero-order valence-corrected chi connectivity index (χ0v) is 11.9. The number of rotatable bonds is 7. The Balaban J connectivity index is 2.89. The van der Waals surface area contributed by atoms with Crippen LogP contribution < -0.4 is 10.6 Å². The molecule has 0 saturated heterocycles. The Kier molecular flexibility index (Phi) is 5.30. The van der Waals surface area contributed by atoms with Gasteiger partial charge in [0.1, 0.15) is 0 Å². The summed E-state index contributed by atoms with van der Waals surface area (Å²) >= 11 is 0. The average molecular weight is 265 g/mol. The third-order valence-corrected chi connectivity index (χ3v) is 3.09. The molecule has 2 N–H and O–H groups in total. The van der Waals surface area contributed by atoms with Crippen molar-refractivity contribution in [3.8, 4) is 0 Å². The van der Waals surface area contributed by atoms with Crippen molar-refractivity contribution in [2.24, 2.45) is 11.1 Å². The zero-order valence-electron chi connectivity index (χ0n) is 11.9. The number of anilines is 1. The summed E-state index contributed by atoms with van der Waals surface area (Å²) in [7, 11) is 0. The topological polar surface area (TPSA) is 72.4 Å². The van der Waals surface area contributed by atoms with Gasteiger partial charge in [-0.15, -0.1) is 0 Å². The van der Waals surface area contributed by atoms with Gasteiger partial charge in [0.25, 0.3) is 5.69 Å². The fourth-order valence-corrected chi connectivity index (χ4v) is 1.94. The molecule has 19 heavy (non-hydrogen) atoms. The Bertz CT molecular complexity index is 415. The molecule has 0 bridgehead atoms. The van der Waals surface area contributed by atoms with E-state index in [4.69, 9.17) is 5.73 Å². The van der Waals surface area contributed by atoms with Crippen molar-refractivity contribution in [3.05, 3.63) is 34.4 Å². The maximum absolute atomic E-state index is 10.7. The monoisotopic (exact) mass is 265 g/mol. The van der Waals surface area contributed by atoms with Crippen molar-refractivity contribution in [3.63, 3.8) is 0 Å². The lowest BCUT2D eigenvalue weighted by atomic mass is 9.92. The third-order valence-electron chi connectivity index (χ3n) is 3.09. The predicted octanol–water partition coefficient (Wildman–Crippen LogP) is 2.80. The van der Waals surface area contributed by atoms with Crippen LogP contribution in [0.1, 0.15) is 27.2 Å². The van der Waals surface area contributed by atoms with Crippen molar-refractivity contribution in [1.29, 1.82) is 0 Å². The van der Waals surface area contributed by atoms with E-state index in [-0.39, 0.29) is 16.0 Å². The van der Waals surface area contributed by atoms with Gasteiger partial charge >= 0.3 is 0 Å². The Morgan fingerprint density at radius 1 is 1.32 bits per heavy atom. The first kappa shape index (κ1) is 15.4. The predicted molar refractivity (Wildman–Crippen MR) is 78.4 cm³/mol. The SMILES string of the molecule is CCCN(CC(C)(C)CN)c1ccc([N+](=O)[O-])cc1. The first-order chi connectivity index (χ1) is 8.89. The van der Waals surface area contributed by atoms with Gasteiger partial charge in [0.05, 0.1) is 4.92 Å². The van der Waals surface area contributed by atoms with Gasteiger partial charge in [0.2, 0.25) is 0 Å². The molecule has 1 aromatic carbocycles. The standard InChI is InChI=1S/C14H23N3O2/c1-4-9-16(11-14(2,3)10-15)12-5-7-13(8-6-12)17(18)19/h5-8H,4,9-11,15H2,1-3H3. The van der Waals surface area contributed by atoms with Gasteiger partial charge in [-0.05, 0) is 30.5 Å². The van der Waals surface area contributed by atoms with Crippen molar-refractivity contribution in [2.75, 3.05) is 24.5 Å². The van der Waals surface area contributed by atoms with Crippen LogP contribution in [0.4, 0.5) is 11.4 Å². The quantitative estimate of drug-likeness (QED) is 0.607. The highest BCUT2D eigenvalue weighted by atomic mass is 16.6. The van der Waals surface area contributed by atoms with Crippen LogP contribution in [0.3, 0.4) is 0 Å². The molecular weight excluding hydrogens is 242 g/mol. The Morgan fingerprint density at radius 3 is 2.32 bits per heavy atom. The molecule has 1 rings (SSSR count). The number of benzene rings is 1. The molecule has 0 aliphatic carbocycles. The molecule has 0 saturated carbocycles. The second kappa shape index (κ2) is 6.52. The molecule has 0 unspecified atom stereocenters. The van der Waals surface area contributed by atoms with E-state index in [1.54, 1.807) is 24.3 Å². The molecule has 0 heterocycles. The first-order valence-corrected chi connectivity index (χ1v) is 6.59. The maximum atomic E-state index is 10.7. The van der Waals surface area contributed by atoms with Gasteiger partial charge in [-0.2, -0.15) is 0 Å². The molecule has 0 aliphatic rings. The summed E-state index contributed by atoms with van der Waals surface area (Å²) in [5.74, 6) is 0. The average Bonchev–Trinajstić information content (AvgIpc) is 2.38. The number of nitro benzene ring substituents is 1. The molecule has 5 heteroatoms. The molecule has 0 aromatic heterocycles. The highest BCUT2D eigenvalue weighted by molar-refractivity contribution is 5.51. The number of non-ortho nitro benzene ring substituents is 1. The second-order valence-corrected chi connectivity index (χ2v) is 5.56. The summed E-state index contributed by atoms with van der Waals surface area (Å²) in [4.78, 5) is 12.5. The van der Waals surface area contributed by atoms with Gasteiger partial charge in [-0.25, -0.2) is 0 Å². The van der Waals surface area contributed by atoms with E-state index in [1.807, 2.05) is 0 Å². The van der Waals surface area contributed by atoms with Crippen molar-refractivity contribution in [1.82, 2.24) is 0 Å². The molecule has 0 spiro atoms. The number of hydrogen-bond acceptors (Lipinski definition) is 4. The summed E-state index contributed by atoms with van der Waals surface area (Å²) in [6.07, 6.45) is 1.03. The van der Waals surface area contributed by atoms with Crippen LogP contribution in [0.2, 0.25) is 0 Å². The fourth-order valence-electron chi connectivity index (χ4n) is 1.94. The Hall–Kier alpha value is -1.62. The molecule has 5 nitrogen and oxygen atoms in total. The number of nitrogens with zero attached hydrogens (tertiary/aromatic N) is 2. The van der Waals surface area contributed by atoms with Crippen molar-refractivity contribution in [2.45, 2.75) is 27.2 Å². The van der Waals surface area contributed by atoms with Crippen LogP contribution in [0.15, 0.2) is 24.3 Å². The van der Waals surface area contributed by atoms with Crippen LogP contribution in [-0.4, -0.2) is 24.6 Å². The van der Waals surface area contributed by atoms with Crippen molar-refractivity contribution < 1.29 is 4.92 Å². The lowest BCUT2D eigenvalue weighted by Crippen LogP contribution is -2.39. The van der Waals surface area contributed by atoms with E-state index >= 15 is 0 Å². The molecule has 0 atom stereocenters. The van der Waals surface area contributed by atoms with Gasteiger partial charge < -0.3 is 10.6 Å². The Labute approximate surface area is 114 Å². The second-order valence-electron chi connectivity index (χ2n) is 5.56. The van der Waals surface area contributed by atoms with E-state index in [0.717, 1.165) is 25.2 Å². The normalized spacial score (nSPS) is 11.4. The van der Waals surface area contributed by atoms with Crippen LogP contribution in [0.25, 0.3) is 0 Å². The molecule has 0 fully saturated rings. The van der Waals surface area contributed by atoms with Crippen LogP contribution in [0.5, 0.6) is 0 Å². The minimum absolute atomic E-state index is 0.0247. The fraction of sp³-hybridized carbons (Fsp3) is 0.571. The molecule has 106 valence electrons. The smallest absolute Gasteiger partial charge is 0.269 e. The number of nitro groups is 1. The third kappa shape index (κ3) is 4.52. The molecule has 0 amide bonds. The Morgan fingerprint density at radius 2 is 1.89 bits per heavy atom. The maximum Gasteiger partial charge on any atom is 0.269 e. The largest absolute Gasteiger partial charge is 0.371 e. The van der Waals surface area contributed by atoms with Gasteiger partial charge in [0.15, 0.2) is 0 Å². The molecular formula is C14H23N3O2. The van der Waals surface area contributed by atoms with Crippen LogP contribution in [-0.2, 0) is 0 Å². The van der Waals surface area contributed by atoms with Crippen LogP contribution >= 0.6 is 0 Å². The summed E-state index contributed by atoms with van der Waals surface area (Å²) < 4.78 is 0. The molecule has 1 aromatic rings. The summed E-state index contributed by atoms with van der Waals surface area (Å²) in [5, 5.41) is 10.7. The van der Waals surface area contributed by atoms with E-state index < -0.39 is 0 Å². The van der Waals surface area contributed by atoms with E-state index in [9.17, 15) is 10.1 Å². The lowest BCUT2D eigenvalue weighted by molar-refractivity contribution is -0.384. The minimum atomic E-state index is -0.377. The van der Waals surface area contributed by atoms with Gasteiger partial charge in [-0.3, -0.25) is 10.1 Å². The minimum Gasteiger partial charge on any atom is -0.371 e. The van der Waals surface area contributed by atoms with Gasteiger partial charge in [-0.1, -0.05) is 20.8 Å². The summed E-state index contributed by atoms with van der Waals surface area (Å²) in [6, 6.07) is 6.71. The van der Waals surface area contributed by atoms with Crippen molar-refractivity contribution >= 4 is 11.4 Å². The molecule has 0 aliphatic heterocycles. The highest BCUT2D eigenvalue weighted by Crippen LogP contribution is 2.23. The highest BCUT2D eigenvalue weighted by Gasteiger charge is 2.20. The number of nitrogens with two attached hydrogens (primary N) is 1. The molecule has 0 radical (unpaired) electrons. The number of hydrogen-bond donors (Lipinski definition) is 1. The lowest BCUT2D eigenvalue weighted by Gasteiger charge is -2.33. The van der Waals surface area contributed by atoms with E-state index in [2.05, 4.69) is 25.7 Å². The van der Waals surface area contributed by atoms with E-state index in [0.29, 0.717) is 6.54 Å². The summed E-state index contributed by atoms with van der Waals surface area (Å²) in [5.41, 5.74) is 6.93. The zero-order chi connectivity index (χ0) is 14.5. The van der Waals surface area contributed by atoms with Crippen LogP contribution in [0, 0.1) is 15.5 Å². The summed E-state index contributed by atoms with van der Waals surface area (Å²) in [6.45, 7) is 8.74. The first-order valence-electron chi connectivity index (χ1n) is 6.59. The van der Waals surface area contributed by atoms with Gasteiger partial charge in [0, 0.05) is 30.9 Å². The van der Waals surface area contributed by atoms with E-state index in [1.165, 1.54) is 0 Å².